The standard InChI is InChI=1S/C23H23N7O/c1-24-18-8-2-3-9-19(18)30-20-10-12-25-23(31)21(20)22(28-30)27-17-7-4-6-16(14-17)15-29-13-5-11-26-29/h4-7,10-14,18-19H,2-3,8-9,15H2,(H,25,31)(H,27,28)/t18-,19-/m0/s1. The first-order valence-electron chi connectivity index (χ1n) is 10.5. The molecule has 0 bridgehead atoms. The Morgan fingerprint density at radius 3 is 2.97 bits per heavy atom. The van der Waals surface area contributed by atoms with Crippen molar-refractivity contribution in [3.63, 3.8) is 0 Å². The van der Waals surface area contributed by atoms with Gasteiger partial charge in [0.15, 0.2) is 5.82 Å². The molecule has 0 amide bonds. The number of H-pyrrole nitrogens is 1. The number of aromatic amines is 1. The maximum atomic E-state index is 12.7. The molecule has 5 rings (SSSR count). The number of aromatic nitrogens is 5. The number of fused-ring (bicyclic) bond motifs is 1. The predicted octanol–water partition coefficient (Wildman–Crippen LogP) is 4.12. The van der Waals surface area contributed by atoms with E-state index in [9.17, 15) is 4.79 Å². The molecule has 0 spiro atoms. The summed E-state index contributed by atoms with van der Waals surface area (Å²) in [5.74, 6) is 0.516. The third-order valence-corrected chi connectivity index (χ3v) is 5.90. The summed E-state index contributed by atoms with van der Waals surface area (Å²) in [6.45, 7) is 8.27. The van der Waals surface area contributed by atoms with Crippen molar-refractivity contribution in [1.29, 1.82) is 0 Å². The third-order valence-electron chi connectivity index (χ3n) is 5.90. The molecule has 0 saturated heterocycles. The maximum Gasteiger partial charge on any atom is 0.261 e. The van der Waals surface area contributed by atoms with Gasteiger partial charge in [0.05, 0.1) is 12.1 Å². The number of pyridine rings is 1. The maximum absolute atomic E-state index is 12.7. The molecule has 2 atom stereocenters. The zero-order chi connectivity index (χ0) is 21.2. The van der Waals surface area contributed by atoms with E-state index in [-0.39, 0.29) is 17.6 Å². The van der Waals surface area contributed by atoms with E-state index in [0.29, 0.717) is 17.7 Å². The summed E-state index contributed by atoms with van der Waals surface area (Å²) in [6, 6.07) is 11.6. The molecule has 8 nitrogen and oxygen atoms in total. The topological polar surface area (TPSA) is 84.9 Å². The number of rotatable bonds is 5. The number of benzene rings is 1. The fourth-order valence-electron chi connectivity index (χ4n) is 4.43. The smallest absolute Gasteiger partial charge is 0.261 e. The largest absolute Gasteiger partial charge is 0.338 e. The van der Waals surface area contributed by atoms with Gasteiger partial charge in [0, 0.05) is 30.7 Å². The summed E-state index contributed by atoms with van der Waals surface area (Å²) in [4.78, 5) is 19.3. The molecule has 4 aromatic rings. The first-order valence-corrected chi connectivity index (χ1v) is 10.5. The molecule has 3 heterocycles. The number of nitrogens with zero attached hydrogens (tertiary/aromatic N) is 5. The normalized spacial score (nSPS) is 18.7. The molecule has 3 aromatic heterocycles. The Morgan fingerprint density at radius 1 is 1.23 bits per heavy atom. The van der Waals surface area contributed by atoms with Crippen LogP contribution in [0.3, 0.4) is 0 Å². The summed E-state index contributed by atoms with van der Waals surface area (Å²) < 4.78 is 3.75. The molecule has 156 valence electrons. The van der Waals surface area contributed by atoms with Gasteiger partial charge in [0.25, 0.3) is 5.56 Å². The predicted molar refractivity (Wildman–Crippen MR) is 119 cm³/mol. The quantitative estimate of drug-likeness (QED) is 0.482. The van der Waals surface area contributed by atoms with Crippen molar-refractivity contribution in [3.05, 3.63) is 82.3 Å². The van der Waals surface area contributed by atoms with Crippen molar-refractivity contribution < 1.29 is 0 Å². The minimum absolute atomic E-state index is 0.0164. The van der Waals surface area contributed by atoms with Crippen molar-refractivity contribution in [2.45, 2.75) is 44.3 Å². The van der Waals surface area contributed by atoms with Crippen LogP contribution in [0.25, 0.3) is 15.7 Å². The van der Waals surface area contributed by atoms with Crippen LogP contribution in [-0.4, -0.2) is 30.6 Å². The van der Waals surface area contributed by atoms with Gasteiger partial charge in [-0.3, -0.25) is 14.2 Å². The van der Waals surface area contributed by atoms with E-state index in [1.807, 2.05) is 52.0 Å². The van der Waals surface area contributed by atoms with Crippen LogP contribution in [0, 0.1) is 6.57 Å². The van der Waals surface area contributed by atoms with Gasteiger partial charge in [-0.05, 0) is 42.7 Å². The second-order valence-corrected chi connectivity index (χ2v) is 7.94. The Morgan fingerprint density at radius 2 is 2.13 bits per heavy atom. The Labute approximate surface area is 179 Å². The summed E-state index contributed by atoms with van der Waals surface area (Å²) in [7, 11) is 0. The second-order valence-electron chi connectivity index (χ2n) is 7.94. The van der Waals surface area contributed by atoms with E-state index >= 15 is 0 Å². The lowest BCUT2D eigenvalue weighted by Crippen LogP contribution is -2.26. The lowest BCUT2D eigenvalue weighted by Gasteiger charge is -2.24. The van der Waals surface area contributed by atoms with Crippen LogP contribution in [0.4, 0.5) is 11.5 Å². The molecule has 1 aliphatic carbocycles. The van der Waals surface area contributed by atoms with Crippen molar-refractivity contribution in [3.8, 4) is 0 Å². The van der Waals surface area contributed by atoms with Gasteiger partial charge in [-0.2, -0.15) is 10.2 Å². The summed E-state index contributed by atoms with van der Waals surface area (Å²) in [5, 5.41) is 12.9. The van der Waals surface area contributed by atoms with Crippen molar-refractivity contribution >= 4 is 22.4 Å². The average Bonchev–Trinajstić information content (AvgIpc) is 3.43. The van der Waals surface area contributed by atoms with Gasteiger partial charge in [-0.1, -0.05) is 18.6 Å². The lowest BCUT2D eigenvalue weighted by atomic mass is 9.91. The highest BCUT2D eigenvalue weighted by Crippen LogP contribution is 2.34. The van der Waals surface area contributed by atoms with Gasteiger partial charge in [0.2, 0.25) is 6.04 Å². The van der Waals surface area contributed by atoms with Gasteiger partial charge in [0.1, 0.15) is 11.4 Å². The van der Waals surface area contributed by atoms with E-state index in [4.69, 9.17) is 11.7 Å². The Balaban J connectivity index is 1.52. The van der Waals surface area contributed by atoms with E-state index < -0.39 is 0 Å². The fourth-order valence-corrected chi connectivity index (χ4v) is 4.43. The third kappa shape index (κ3) is 3.70. The molecule has 1 fully saturated rings. The number of hydrogen-bond donors (Lipinski definition) is 2. The average molecular weight is 413 g/mol. The molecule has 1 saturated carbocycles. The number of anilines is 2. The zero-order valence-electron chi connectivity index (χ0n) is 17.0. The molecular formula is C23H23N7O. The molecule has 0 unspecified atom stereocenters. The summed E-state index contributed by atoms with van der Waals surface area (Å²) in [5.41, 5.74) is 2.52. The van der Waals surface area contributed by atoms with E-state index in [1.165, 1.54) is 0 Å². The molecule has 0 radical (unpaired) electrons. The van der Waals surface area contributed by atoms with Crippen molar-refractivity contribution in [1.82, 2.24) is 24.5 Å². The molecular weight excluding hydrogens is 390 g/mol. The van der Waals surface area contributed by atoms with Crippen LogP contribution in [0.1, 0.15) is 37.3 Å². The molecule has 8 heteroatoms. The van der Waals surface area contributed by atoms with Crippen molar-refractivity contribution in [2.75, 3.05) is 5.32 Å². The van der Waals surface area contributed by atoms with E-state index in [0.717, 1.165) is 42.5 Å². The fraction of sp³-hybridized carbons (Fsp3) is 0.304. The molecule has 31 heavy (non-hydrogen) atoms. The van der Waals surface area contributed by atoms with E-state index in [2.05, 4.69) is 20.2 Å². The van der Waals surface area contributed by atoms with Crippen LogP contribution in [0.2, 0.25) is 0 Å². The van der Waals surface area contributed by atoms with Crippen LogP contribution in [-0.2, 0) is 6.54 Å². The lowest BCUT2D eigenvalue weighted by molar-refractivity contribution is 0.321. The van der Waals surface area contributed by atoms with Crippen LogP contribution in [0.15, 0.2) is 59.8 Å². The first-order chi connectivity index (χ1) is 15.2. The highest BCUT2D eigenvalue weighted by Gasteiger charge is 2.33. The molecule has 0 aliphatic heterocycles. The zero-order valence-corrected chi connectivity index (χ0v) is 17.0. The van der Waals surface area contributed by atoms with Crippen LogP contribution >= 0.6 is 0 Å². The number of hydrogen-bond acceptors (Lipinski definition) is 4. The molecule has 1 aliphatic rings. The second kappa shape index (κ2) is 8.11. The Hall–Kier alpha value is -3.86. The van der Waals surface area contributed by atoms with Crippen LogP contribution in [0.5, 0.6) is 0 Å². The summed E-state index contributed by atoms with van der Waals surface area (Å²) in [6.07, 6.45) is 9.23. The van der Waals surface area contributed by atoms with Gasteiger partial charge in [-0.25, -0.2) is 6.57 Å². The van der Waals surface area contributed by atoms with E-state index in [1.54, 1.807) is 12.4 Å². The van der Waals surface area contributed by atoms with Gasteiger partial charge in [-0.15, -0.1) is 0 Å². The van der Waals surface area contributed by atoms with Gasteiger partial charge < -0.3 is 15.1 Å². The highest BCUT2D eigenvalue weighted by atomic mass is 16.1. The summed E-state index contributed by atoms with van der Waals surface area (Å²) >= 11 is 0. The minimum Gasteiger partial charge on any atom is -0.338 e. The van der Waals surface area contributed by atoms with Crippen molar-refractivity contribution in [2.24, 2.45) is 0 Å². The number of nitrogens with one attached hydrogen (secondary N) is 2. The molecule has 1 aromatic carbocycles. The van der Waals surface area contributed by atoms with Gasteiger partial charge >= 0.3 is 0 Å². The molecule has 2 N–H and O–H groups in total. The Bertz CT molecular complexity index is 1300. The SMILES string of the molecule is [C-]#[N+][C@H]1CCCC[C@@H]1n1nc(Nc2cccc(Cn3cccn3)c2)c2c(=O)[nH]ccc21. The minimum atomic E-state index is -0.186. The van der Waals surface area contributed by atoms with Crippen LogP contribution < -0.4 is 10.9 Å². The first kappa shape index (κ1) is 19.1. The monoisotopic (exact) mass is 413 g/mol. The Kier molecular flexibility index (Phi) is 5.00. The highest BCUT2D eigenvalue weighted by molar-refractivity contribution is 5.91.